The van der Waals surface area contributed by atoms with Crippen molar-refractivity contribution in [3.63, 3.8) is 0 Å². The van der Waals surface area contributed by atoms with Crippen LogP contribution in [0, 0.1) is 0 Å². The molecule has 0 aliphatic heterocycles. The molecule has 0 heterocycles. The lowest BCUT2D eigenvalue weighted by Crippen LogP contribution is -2.00. The molecule has 1 aromatic rings. The first-order valence-corrected chi connectivity index (χ1v) is 6.11. The first kappa shape index (κ1) is 9.17. The van der Waals surface area contributed by atoms with Gasteiger partial charge in [-0.05, 0) is 35.6 Å². The highest BCUT2D eigenvalue weighted by Gasteiger charge is 2.40. The first-order chi connectivity index (χ1) is 8.36. The number of carbonyl (C=O) groups is 1. The Morgan fingerprint density at radius 1 is 1.18 bits per heavy atom. The van der Waals surface area contributed by atoms with Gasteiger partial charge < -0.3 is 0 Å². The van der Waals surface area contributed by atoms with Crippen molar-refractivity contribution in [3.05, 3.63) is 64.3 Å². The summed E-state index contributed by atoms with van der Waals surface area (Å²) in [5.41, 5.74) is 5.80. The SMILES string of the molecule is O=C1C2=Cc3ccccc3C2C2=C1CCC=C2. The first-order valence-electron chi connectivity index (χ1n) is 6.11. The van der Waals surface area contributed by atoms with Gasteiger partial charge in [0.25, 0.3) is 0 Å². The zero-order valence-corrected chi connectivity index (χ0v) is 9.44. The molecule has 82 valence electrons. The monoisotopic (exact) mass is 220 g/mol. The lowest BCUT2D eigenvalue weighted by atomic mass is 9.90. The summed E-state index contributed by atoms with van der Waals surface area (Å²) < 4.78 is 0. The average Bonchev–Trinajstić information content (AvgIpc) is 2.88. The number of Topliss-reactive ketones (excluding diaryl/α,β-unsaturated/α-hetero) is 1. The quantitative estimate of drug-likeness (QED) is 0.655. The highest BCUT2D eigenvalue weighted by atomic mass is 16.1. The Morgan fingerprint density at radius 2 is 2.06 bits per heavy atom. The normalized spacial score (nSPS) is 24.6. The maximum absolute atomic E-state index is 12.3. The molecule has 4 rings (SSSR count). The number of hydrogen-bond acceptors (Lipinski definition) is 1. The van der Waals surface area contributed by atoms with E-state index in [4.69, 9.17) is 0 Å². The van der Waals surface area contributed by atoms with Crippen LogP contribution < -0.4 is 0 Å². The van der Waals surface area contributed by atoms with Gasteiger partial charge in [0.05, 0.1) is 0 Å². The summed E-state index contributed by atoms with van der Waals surface area (Å²) in [6.45, 7) is 0. The molecule has 17 heavy (non-hydrogen) atoms. The number of allylic oxidation sites excluding steroid dienone is 5. The summed E-state index contributed by atoms with van der Waals surface area (Å²) >= 11 is 0. The predicted molar refractivity (Wildman–Crippen MR) is 67.6 cm³/mol. The van der Waals surface area contributed by atoms with Gasteiger partial charge in [-0.25, -0.2) is 0 Å². The molecule has 3 aliphatic carbocycles. The number of fused-ring (bicyclic) bond motifs is 4. The van der Waals surface area contributed by atoms with Crippen LogP contribution in [0.15, 0.2) is 53.1 Å². The molecule has 1 heteroatoms. The third-order valence-electron chi connectivity index (χ3n) is 3.98. The van der Waals surface area contributed by atoms with Crippen molar-refractivity contribution in [2.24, 2.45) is 0 Å². The van der Waals surface area contributed by atoms with Crippen molar-refractivity contribution >= 4 is 11.9 Å². The van der Waals surface area contributed by atoms with E-state index in [1.165, 1.54) is 16.7 Å². The van der Waals surface area contributed by atoms with Gasteiger partial charge in [-0.15, -0.1) is 0 Å². The van der Waals surface area contributed by atoms with Gasteiger partial charge in [-0.1, -0.05) is 36.4 Å². The molecule has 1 unspecified atom stereocenters. The van der Waals surface area contributed by atoms with Crippen LogP contribution in [0.1, 0.15) is 29.9 Å². The maximum Gasteiger partial charge on any atom is 0.186 e. The molecule has 0 saturated carbocycles. The van der Waals surface area contributed by atoms with Gasteiger partial charge in [0, 0.05) is 17.1 Å². The fourth-order valence-electron chi connectivity index (χ4n) is 3.23. The number of rotatable bonds is 0. The van der Waals surface area contributed by atoms with Gasteiger partial charge in [0.2, 0.25) is 0 Å². The minimum Gasteiger partial charge on any atom is -0.289 e. The molecular weight excluding hydrogens is 208 g/mol. The molecule has 0 saturated heterocycles. The lowest BCUT2D eigenvalue weighted by molar-refractivity contribution is -0.112. The molecule has 0 fully saturated rings. The van der Waals surface area contributed by atoms with E-state index in [1.807, 2.05) is 6.07 Å². The van der Waals surface area contributed by atoms with E-state index < -0.39 is 0 Å². The van der Waals surface area contributed by atoms with Crippen molar-refractivity contribution in [1.82, 2.24) is 0 Å². The molecule has 0 aromatic heterocycles. The predicted octanol–water partition coefficient (Wildman–Crippen LogP) is 3.40. The standard InChI is InChI=1S/C16H12O/c17-16-13-8-4-3-7-12(13)15-11-6-2-1-5-10(11)9-14(15)16/h1-3,5-7,9,15H,4,8H2. The third kappa shape index (κ3) is 1.06. The molecule has 0 radical (unpaired) electrons. The van der Waals surface area contributed by atoms with Crippen molar-refractivity contribution < 1.29 is 4.79 Å². The fourth-order valence-corrected chi connectivity index (χ4v) is 3.23. The van der Waals surface area contributed by atoms with Gasteiger partial charge in [0.15, 0.2) is 5.78 Å². The van der Waals surface area contributed by atoms with E-state index in [1.54, 1.807) is 0 Å². The Hall–Kier alpha value is -1.89. The van der Waals surface area contributed by atoms with Crippen LogP contribution >= 0.6 is 0 Å². The number of carbonyl (C=O) groups excluding carboxylic acids is 1. The Balaban J connectivity index is 1.97. The zero-order chi connectivity index (χ0) is 11.4. The minimum atomic E-state index is 0.227. The Morgan fingerprint density at radius 3 is 3.00 bits per heavy atom. The summed E-state index contributed by atoms with van der Waals surface area (Å²) in [5.74, 6) is 0.510. The number of hydrogen-bond donors (Lipinski definition) is 0. The van der Waals surface area contributed by atoms with Crippen LogP contribution in [0.3, 0.4) is 0 Å². The summed E-state index contributed by atoms with van der Waals surface area (Å²) in [4.78, 5) is 12.3. The highest BCUT2D eigenvalue weighted by Crippen LogP contribution is 2.50. The molecule has 1 nitrogen and oxygen atoms in total. The van der Waals surface area contributed by atoms with Gasteiger partial charge >= 0.3 is 0 Å². The van der Waals surface area contributed by atoms with Gasteiger partial charge in [0.1, 0.15) is 0 Å². The second-order valence-electron chi connectivity index (χ2n) is 4.87. The Labute approximate surface area is 100 Å². The molecule has 1 atom stereocenters. The maximum atomic E-state index is 12.3. The summed E-state index contributed by atoms with van der Waals surface area (Å²) in [5, 5.41) is 0. The van der Waals surface area contributed by atoms with Crippen LogP contribution in [-0.2, 0) is 4.79 Å². The van der Waals surface area contributed by atoms with E-state index in [0.29, 0.717) is 0 Å². The van der Waals surface area contributed by atoms with E-state index in [9.17, 15) is 4.79 Å². The Kier molecular flexibility index (Phi) is 1.66. The Bertz CT molecular complexity index is 629. The number of ketones is 1. The minimum absolute atomic E-state index is 0.227. The highest BCUT2D eigenvalue weighted by molar-refractivity contribution is 6.18. The van der Waals surface area contributed by atoms with Crippen LogP contribution in [0.25, 0.3) is 6.08 Å². The van der Waals surface area contributed by atoms with E-state index in [2.05, 4.69) is 36.4 Å². The van der Waals surface area contributed by atoms with Crippen LogP contribution in [0.5, 0.6) is 0 Å². The van der Waals surface area contributed by atoms with E-state index in [0.717, 1.165) is 24.0 Å². The third-order valence-corrected chi connectivity index (χ3v) is 3.98. The molecule has 3 aliphatic rings. The van der Waals surface area contributed by atoms with Crippen molar-refractivity contribution in [1.29, 1.82) is 0 Å². The lowest BCUT2D eigenvalue weighted by Gasteiger charge is -2.13. The zero-order valence-electron chi connectivity index (χ0n) is 9.44. The summed E-state index contributed by atoms with van der Waals surface area (Å²) in [6.07, 6.45) is 8.35. The molecular formula is C16H12O. The summed E-state index contributed by atoms with van der Waals surface area (Å²) in [7, 11) is 0. The second kappa shape index (κ2) is 3.07. The fraction of sp³-hybridized carbons (Fsp3) is 0.188. The molecule has 1 aromatic carbocycles. The van der Waals surface area contributed by atoms with Crippen LogP contribution in [-0.4, -0.2) is 5.78 Å². The molecule has 0 bridgehead atoms. The van der Waals surface area contributed by atoms with E-state index in [-0.39, 0.29) is 11.7 Å². The van der Waals surface area contributed by atoms with Crippen LogP contribution in [0.4, 0.5) is 0 Å². The van der Waals surface area contributed by atoms with E-state index >= 15 is 0 Å². The van der Waals surface area contributed by atoms with Crippen molar-refractivity contribution in [2.75, 3.05) is 0 Å². The molecule has 0 amide bonds. The van der Waals surface area contributed by atoms with Gasteiger partial charge in [-0.3, -0.25) is 4.79 Å². The van der Waals surface area contributed by atoms with Gasteiger partial charge in [-0.2, -0.15) is 0 Å². The van der Waals surface area contributed by atoms with Crippen molar-refractivity contribution in [3.8, 4) is 0 Å². The molecule has 0 N–H and O–H groups in total. The summed E-state index contributed by atoms with van der Waals surface area (Å²) in [6, 6.07) is 8.34. The largest absolute Gasteiger partial charge is 0.289 e. The smallest absolute Gasteiger partial charge is 0.186 e. The van der Waals surface area contributed by atoms with Crippen molar-refractivity contribution in [2.45, 2.75) is 18.8 Å². The molecule has 0 spiro atoms. The second-order valence-corrected chi connectivity index (χ2v) is 4.87. The average molecular weight is 220 g/mol. The number of benzene rings is 1. The van der Waals surface area contributed by atoms with Crippen LogP contribution in [0.2, 0.25) is 0 Å². The topological polar surface area (TPSA) is 17.1 Å².